The fourth-order valence-electron chi connectivity index (χ4n) is 2.74. The van der Waals surface area contributed by atoms with Crippen molar-refractivity contribution >= 4 is 30.0 Å². The first-order valence-corrected chi connectivity index (χ1v) is 6.85. The summed E-state index contributed by atoms with van der Waals surface area (Å²) in [5, 5.41) is 2.87. The van der Waals surface area contributed by atoms with Crippen molar-refractivity contribution in [3.8, 4) is 0 Å². The number of amides is 1. The molecular weight excluding hydrogens is 292 g/mol. The molecule has 1 aromatic carbocycles. The molecule has 1 aliphatic rings. The minimum Gasteiger partial charge on any atom is -0.465 e. The average Bonchev–Trinajstić information content (AvgIpc) is 2.95. The molecular formula is C15H21ClN2O3. The van der Waals surface area contributed by atoms with Gasteiger partial charge in [-0.15, -0.1) is 12.4 Å². The van der Waals surface area contributed by atoms with Gasteiger partial charge in [0.25, 0.3) is 0 Å². The molecule has 6 heteroatoms. The molecule has 0 unspecified atom stereocenters. The molecule has 1 saturated carbocycles. The fourth-order valence-corrected chi connectivity index (χ4v) is 2.74. The van der Waals surface area contributed by atoms with Crippen molar-refractivity contribution in [1.29, 1.82) is 0 Å². The largest absolute Gasteiger partial charge is 0.465 e. The van der Waals surface area contributed by atoms with Gasteiger partial charge in [-0.3, -0.25) is 4.79 Å². The van der Waals surface area contributed by atoms with Gasteiger partial charge in [0.2, 0.25) is 5.91 Å². The summed E-state index contributed by atoms with van der Waals surface area (Å²) in [6.07, 6.45) is 2.93. The average molecular weight is 313 g/mol. The minimum atomic E-state index is -0.415. The molecule has 1 amide bonds. The highest BCUT2D eigenvalue weighted by Gasteiger charge is 2.31. The smallest absolute Gasteiger partial charge is 0.337 e. The highest BCUT2D eigenvalue weighted by molar-refractivity contribution is 5.95. The molecule has 3 N–H and O–H groups in total. The molecule has 2 rings (SSSR count). The van der Waals surface area contributed by atoms with Crippen LogP contribution in [0.15, 0.2) is 24.3 Å². The van der Waals surface area contributed by atoms with Gasteiger partial charge < -0.3 is 15.8 Å². The number of benzene rings is 1. The second kappa shape index (κ2) is 8.00. The third kappa shape index (κ3) is 4.19. The van der Waals surface area contributed by atoms with E-state index in [2.05, 4.69) is 10.1 Å². The van der Waals surface area contributed by atoms with E-state index in [-0.39, 0.29) is 30.2 Å². The Morgan fingerprint density at radius 1 is 1.38 bits per heavy atom. The van der Waals surface area contributed by atoms with Gasteiger partial charge in [0.15, 0.2) is 0 Å². The Kier molecular flexibility index (Phi) is 6.65. The lowest BCUT2D eigenvalue weighted by Crippen LogP contribution is -2.29. The maximum absolute atomic E-state index is 12.3. The third-order valence-electron chi connectivity index (χ3n) is 3.85. The molecule has 0 bridgehead atoms. The second-order valence-electron chi connectivity index (χ2n) is 5.09. The Bertz CT molecular complexity index is 507. The summed E-state index contributed by atoms with van der Waals surface area (Å²) >= 11 is 0. The van der Waals surface area contributed by atoms with Crippen LogP contribution in [0.2, 0.25) is 0 Å². The lowest BCUT2D eigenvalue weighted by molar-refractivity contribution is -0.120. The molecule has 5 nitrogen and oxygen atoms in total. The van der Waals surface area contributed by atoms with Crippen molar-refractivity contribution in [2.45, 2.75) is 19.3 Å². The van der Waals surface area contributed by atoms with Crippen LogP contribution < -0.4 is 11.1 Å². The Balaban J connectivity index is 0.00000220. The highest BCUT2D eigenvalue weighted by atomic mass is 35.5. The van der Waals surface area contributed by atoms with Crippen LogP contribution >= 0.6 is 12.4 Å². The van der Waals surface area contributed by atoms with Crippen molar-refractivity contribution in [3.05, 3.63) is 29.8 Å². The molecule has 116 valence electrons. The summed E-state index contributed by atoms with van der Waals surface area (Å²) in [7, 11) is 1.33. The number of nitrogens with one attached hydrogen (secondary N) is 1. The number of hydrogen-bond acceptors (Lipinski definition) is 4. The number of halogens is 1. The van der Waals surface area contributed by atoms with E-state index in [1.807, 2.05) is 0 Å². The van der Waals surface area contributed by atoms with Crippen molar-refractivity contribution in [2.24, 2.45) is 17.6 Å². The first-order chi connectivity index (χ1) is 9.65. The first kappa shape index (κ1) is 17.5. The van der Waals surface area contributed by atoms with Gasteiger partial charge in [-0.2, -0.15) is 0 Å². The molecule has 21 heavy (non-hydrogen) atoms. The fraction of sp³-hybridized carbons (Fsp3) is 0.467. The number of carbonyl (C=O) groups excluding carboxylic acids is 2. The van der Waals surface area contributed by atoms with E-state index in [1.165, 1.54) is 7.11 Å². The van der Waals surface area contributed by atoms with E-state index in [0.717, 1.165) is 19.3 Å². The monoisotopic (exact) mass is 312 g/mol. The van der Waals surface area contributed by atoms with Crippen LogP contribution in [-0.4, -0.2) is 25.5 Å². The predicted octanol–water partition coefficient (Wildman–Crippen LogP) is 2.21. The zero-order valence-corrected chi connectivity index (χ0v) is 12.8. The lowest BCUT2D eigenvalue weighted by atomic mass is 9.95. The van der Waals surface area contributed by atoms with Gasteiger partial charge >= 0.3 is 5.97 Å². The van der Waals surface area contributed by atoms with Crippen molar-refractivity contribution in [2.75, 3.05) is 19.0 Å². The second-order valence-corrected chi connectivity index (χ2v) is 5.09. The maximum atomic E-state index is 12.3. The number of rotatable bonds is 4. The SMILES string of the molecule is COC(=O)c1cccc(NC(=O)[C@@H]2CCC[C@@H]2CN)c1.Cl. The summed E-state index contributed by atoms with van der Waals surface area (Å²) in [5.41, 5.74) is 6.73. The number of carbonyl (C=O) groups is 2. The van der Waals surface area contributed by atoms with Crippen LogP contribution in [0.25, 0.3) is 0 Å². The molecule has 0 aromatic heterocycles. The number of anilines is 1. The minimum absolute atomic E-state index is 0. The Hall–Kier alpha value is -1.59. The van der Waals surface area contributed by atoms with E-state index < -0.39 is 5.97 Å². The van der Waals surface area contributed by atoms with Gasteiger partial charge in [-0.1, -0.05) is 12.5 Å². The summed E-state index contributed by atoms with van der Waals surface area (Å²) in [4.78, 5) is 23.7. The van der Waals surface area contributed by atoms with Crippen molar-refractivity contribution in [1.82, 2.24) is 0 Å². The third-order valence-corrected chi connectivity index (χ3v) is 3.85. The van der Waals surface area contributed by atoms with Crippen LogP contribution in [0.3, 0.4) is 0 Å². The Morgan fingerprint density at radius 2 is 2.14 bits per heavy atom. The van der Waals surface area contributed by atoms with Crippen LogP contribution in [0.4, 0.5) is 5.69 Å². The lowest BCUT2D eigenvalue weighted by Gasteiger charge is -2.17. The molecule has 0 radical (unpaired) electrons. The molecule has 0 saturated heterocycles. The van der Waals surface area contributed by atoms with Gasteiger partial charge in [0.05, 0.1) is 12.7 Å². The van der Waals surface area contributed by atoms with Gasteiger partial charge in [-0.05, 0) is 43.5 Å². The summed E-state index contributed by atoms with van der Waals surface area (Å²) in [6.45, 7) is 0.542. The summed E-state index contributed by atoms with van der Waals surface area (Å²) in [6, 6.07) is 6.75. The van der Waals surface area contributed by atoms with E-state index in [9.17, 15) is 9.59 Å². The van der Waals surface area contributed by atoms with E-state index in [0.29, 0.717) is 17.8 Å². The summed E-state index contributed by atoms with van der Waals surface area (Å²) < 4.78 is 4.66. The number of ether oxygens (including phenoxy) is 1. The molecule has 1 aliphatic carbocycles. The number of nitrogens with two attached hydrogens (primary N) is 1. The predicted molar refractivity (Wildman–Crippen MR) is 83.5 cm³/mol. The molecule has 1 fully saturated rings. The Morgan fingerprint density at radius 3 is 2.81 bits per heavy atom. The van der Waals surface area contributed by atoms with Crippen molar-refractivity contribution < 1.29 is 14.3 Å². The zero-order chi connectivity index (χ0) is 14.5. The van der Waals surface area contributed by atoms with Crippen LogP contribution in [0, 0.1) is 11.8 Å². The van der Waals surface area contributed by atoms with Crippen molar-refractivity contribution in [3.63, 3.8) is 0 Å². The number of esters is 1. The zero-order valence-electron chi connectivity index (χ0n) is 12.0. The normalized spacial score (nSPS) is 20.5. The van der Waals surface area contributed by atoms with E-state index in [1.54, 1.807) is 24.3 Å². The molecule has 0 aliphatic heterocycles. The maximum Gasteiger partial charge on any atom is 0.337 e. The highest BCUT2D eigenvalue weighted by Crippen LogP contribution is 2.31. The number of methoxy groups -OCH3 is 1. The molecule has 0 spiro atoms. The van der Waals surface area contributed by atoms with E-state index in [4.69, 9.17) is 5.73 Å². The van der Waals surface area contributed by atoms with E-state index >= 15 is 0 Å². The Labute approximate surface area is 130 Å². The molecule has 0 heterocycles. The van der Waals surface area contributed by atoms with Gasteiger partial charge in [-0.25, -0.2) is 4.79 Å². The van der Waals surface area contributed by atoms with Crippen LogP contribution in [0.5, 0.6) is 0 Å². The van der Waals surface area contributed by atoms with Crippen LogP contribution in [-0.2, 0) is 9.53 Å². The first-order valence-electron chi connectivity index (χ1n) is 6.85. The topological polar surface area (TPSA) is 81.4 Å². The quantitative estimate of drug-likeness (QED) is 0.835. The van der Waals surface area contributed by atoms with Gasteiger partial charge in [0, 0.05) is 11.6 Å². The number of hydrogen-bond donors (Lipinski definition) is 2. The molecule has 1 aromatic rings. The standard InChI is InChI=1S/C15H20N2O3.ClH/c1-20-15(19)10-4-2-6-12(8-10)17-14(18)13-7-3-5-11(13)9-16;/h2,4,6,8,11,13H,3,5,7,9,16H2,1H3,(H,17,18);1H/t11-,13-;/m1./s1. The summed E-state index contributed by atoms with van der Waals surface area (Å²) in [5.74, 6) is -0.192. The van der Waals surface area contributed by atoms with Crippen LogP contribution in [0.1, 0.15) is 29.6 Å². The molecule has 2 atom stereocenters. The van der Waals surface area contributed by atoms with Gasteiger partial charge in [0.1, 0.15) is 0 Å².